The Morgan fingerprint density at radius 2 is 1.77 bits per heavy atom. The topological polar surface area (TPSA) is 68.3 Å². The first kappa shape index (κ1) is 19.8. The van der Waals surface area contributed by atoms with Crippen molar-refractivity contribution in [3.63, 3.8) is 0 Å². The van der Waals surface area contributed by atoms with Crippen molar-refractivity contribution >= 4 is 38.9 Å². The molecule has 3 aromatic carbocycles. The molecule has 4 rings (SSSR count). The summed E-state index contributed by atoms with van der Waals surface area (Å²) in [5.41, 5.74) is 1.83. The molecule has 0 spiro atoms. The third kappa shape index (κ3) is 4.72. The maximum absolute atomic E-state index is 12.2. The molecule has 0 aliphatic rings. The summed E-state index contributed by atoms with van der Waals surface area (Å²) in [5.74, 6) is 0.241. The summed E-state index contributed by atoms with van der Waals surface area (Å²) in [7, 11) is 0. The van der Waals surface area contributed by atoms with Crippen LogP contribution in [0.4, 0.5) is 5.13 Å². The van der Waals surface area contributed by atoms with Gasteiger partial charge >= 0.3 is 0 Å². The van der Waals surface area contributed by atoms with Crippen LogP contribution < -0.4 is 10.1 Å². The molecule has 0 bridgehead atoms. The summed E-state index contributed by atoms with van der Waals surface area (Å²) >= 11 is 1.46. The number of hydrogen-bond acceptors (Lipinski definition) is 5. The summed E-state index contributed by atoms with van der Waals surface area (Å²) in [4.78, 5) is 28.9. The van der Waals surface area contributed by atoms with E-state index < -0.39 is 0 Å². The van der Waals surface area contributed by atoms with E-state index in [-0.39, 0.29) is 18.3 Å². The number of fused-ring (bicyclic) bond motifs is 1. The van der Waals surface area contributed by atoms with Crippen LogP contribution in [0.25, 0.3) is 10.8 Å². The fraction of sp³-hybridized carbons (Fsp3) is 0.125. The first-order valence-electron chi connectivity index (χ1n) is 9.53. The highest BCUT2D eigenvalue weighted by Crippen LogP contribution is 2.25. The molecule has 5 nitrogen and oxygen atoms in total. The van der Waals surface area contributed by atoms with Gasteiger partial charge in [-0.2, -0.15) is 0 Å². The molecule has 4 aromatic rings. The molecule has 0 atom stereocenters. The van der Waals surface area contributed by atoms with Gasteiger partial charge in [0.1, 0.15) is 5.75 Å². The van der Waals surface area contributed by atoms with Gasteiger partial charge in [-0.15, -0.1) is 11.3 Å². The van der Waals surface area contributed by atoms with Crippen molar-refractivity contribution < 1.29 is 14.3 Å². The fourth-order valence-electron chi connectivity index (χ4n) is 3.17. The number of benzene rings is 3. The minimum Gasteiger partial charge on any atom is -0.484 e. The Balaban J connectivity index is 1.34. The SMILES string of the molecule is CC(=O)c1ccc(OCC(=O)Nc2ncc(Cc3cccc4ccccc34)s2)cc1. The fourth-order valence-corrected chi connectivity index (χ4v) is 4.02. The van der Waals surface area contributed by atoms with Crippen molar-refractivity contribution in [3.05, 3.63) is 88.9 Å². The van der Waals surface area contributed by atoms with Crippen molar-refractivity contribution in [1.29, 1.82) is 0 Å². The van der Waals surface area contributed by atoms with Crippen LogP contribution >= 0.6 is 11.3 Å². The molecule has 0 saturated heterocycles. The average Bonchev–Trinajstić information content (AvgIpc) is 3.19. The Hall–Kier alpha value is -3.51. The second kappa shape index (κ2) is 8.88. The quantitative estimate of drug-likeness (QED) is 0.425. The van der Waals surface area contributed by atoms with Crippen molar-refractivity contribution in [1.82, 2.24) is 4.98 Å². The number of hydrogen-bond donors (Lipinski definition) is 1. The van der Waals surface area contributed by atoms with Gasteiger partial charge in [0.05, 0.1) is 0 Å². The molecule has 0 unspecified atom stereocenters. The number of rotatable bonds is 7. The van der Waals surface area contributed by atoms with Gasteiger partial charge in [0.15, 0.2) is 17.5 Å². The largest absolute Gasteiger partial charge is 0.484 e. The molecule has 30 heavy (non-hydrogen) atoms. The van der Waals surface area contributed by atoms with Crippen LogP contribution in [0.5, 0.6) is 5.75 Å². The monoisotopic (exact) mass is 416 g/mol. The van der Waals surface area contributed by atoms with Crippen LogP contribution in [-0.4, -0.2) is 23.3 Å². The average molecular weight is 417 g/mol. The molecule has 1 heterocycles. The Kier molecular flexibility index (Phi) is 5.86. The summed E-state index contributed by atoms with van der Waals surface area (Å²) in [6.07, 6.45) is 2.55. The van der Waals surface area contributed by atoms with Gasteiger partial charge in [0.2, 0.25) is 0 Å². The van der Waals surface area contributed by atoms with E-state index in [1.54, 1.807) is 30.5 Å². The summed E-state index contributed by atoms with van der Waals surface area (Å²) < 4.78 is 5.48. The maximum Gasteiger partial charge on any atom is 0.264 e. The number of Topliss-reactive ketones (excluding diaryl/α,β-unsaturated/α-hetero) is 1. The van der Waals surface area contributed by atoms with E-state index in [9.17, 15) is 9.59 Å². The first-order chi connectivity index (χ1) is 14.6. The number of ketones is 1. The van der Waals surface area contributed by atoms with E-state index in [1.807, 2.05) is 12.1 Å². The molecular weight excluding hydrogens is 396 g/mol. The van der Waals surface area contributed by atoms with Crippen LogP contribution in [0.2, 0.25) is 0 Å². The van der Waals surface area contributed by atoms with Crippen LogP contribution in [-0.2, 0) is 11.2 Å². The smallest absolute Gasteiger partial charge is 0.264 e. The zero-order valence-electron chi connectivity index (χ0n) is 16.4. The van der Waals surface area contributed by atoms with Gasteiger partial charge in [-0.25, -0.2) is 4.98 Å². The van der Waals surface area contributed by atoms with Gasteiger partial charge in [-0.1, -0.05) is 42.5 Å². The van der Waals surface area contributed by atoms with Crippen LogP contribution in [0.15, 0.2) is 72.9 Å². The van der Waals surface area contributed by atoms with Gasteiger partial charge < -0.3 is 4.74 Å². The zero-order chi connectivity index (χ0) is 20.9. The number of carbonyl (C=O) groups excluding carboxylic acids is 2. The minimum absolute atomic E-state index is 0.0117. The lowest BCUT2D eigenvalue weighted by molar-refractivity contribution is -0.118. The molecule has 0 saturated carbocycles. The molecule has 1 N–H and O–H groups in total. The Bertz CT molecular complexity index is 1190. The van der Waals surface area contributed by atoms with Gasteiger partial charge in [0.25, 0.3) is 5.91 Å². The number of aromatic nitrogens is 1. The molecule has 1 amide bonds. The molecule has 0 fully saturated rings. The van der Waals surface area contributed by atoms with Gasteiger partial charge in [-0.3, -0.25) is 14.9 Å². The number of thiazole rings is 1. The molecule has 0 aliphatic heterocycles. The normalized spacial score (nSPS) is 10.7. The maximum atomic E-state index is 12.2. The minimum atomic E-state index is -0.281. The predicted molar refractivity (Wildman–Crippen MR) is 119 cm³/mol. The molecule has 0 aliphatic carbocycles. The van der Waals surface area contributed by atoms with E-state index in [4.69, 9.17) is 4.74 Å². The Labute approximate surface area is 178 Å². The van der Waals surface area contributed by atoms with E-state index >= 15 is 0 Å². The lowest BCUT2D eigenvalue weighted by atomic mass is 10.0. The Morgan fingerprint density at radius 3 is 2.57 bits per heavy atom. The van der Waals surface area contributed by atoms with Crippen molar-refractivity contribution in [2.75, 3.05) is 11.9 Å². The number of carbonyl (C=O) groups is 2. The lowest BCUT2D eigenvalue weighted by Crippen LogP contribution is -2.20. The highest BCUT2D eigenvalue weighted by atomic mass is 32.1. The summed E-state index contributed by atoms with van der Waals surface area (Å²) in [6, 6.07) is 21.3. The zero-order valence-corrected chi connectivity index (χ0v) is 17.2. The number of nitrogens with zero attached hydrogens (tertiary/aromatic N) is 1. The summed E-state index contributed by atoms with van der Waals surface area (Å²) in [6.45, 7) is 1.38. The molecule has 6 heteroatoms. The lowest BCUT2D eigenvalue weighted by Gasteiger charge is -2.06. The van der Waals surface area contributed by atoms with Crippen molar-refractivity contribution in [2.24, 2.45) is 0 Å². The molecule has 1 aromatic heterocycles. The van der Waals surface area contributed by atoms with Crippen LogP contribution in [0, 0.1) is 0 Å². The van der Waals surface area contributed by atoms with Crippen LogP contribution in [0.1, 0.15) is 27.7 Å². The van der Waals surface area contributed by atoms with E-state index in [0.717, 1.165) is 11.3 Å². The Morgan fingerprint density at radius 1 is 1.00 bits per heavy atom. The highest BCUT2D eigenvalue weighted by molar-refractivity contribution is 7.15. The van der Waals surface area contributed by atoms with E-state index in [1.165, 1.54) is 34.6 Å². The number of anilines is 1. The van der Waals surface area contributed by atoms with E-state index in [2.05, 4.69) is 40.6 Å². The molecular formula is C24H20N2O3S. The standard InChI is InChI=1S/C24H20N2O3S/c1-16(27)17-9-11-20(12-10-17)29-15-23(28)26-24-25-14-21(30-24)13-19-7-4-6-18-5-2-3-8-22(18)19/h2-12,14H,13,15H2,1H3,(H,25,26,28). The summed E-state index contributed by atoms with van der Waals surface area (Å²) in [5, 5.41) is 5.76. The van der Waals surface area contributed by atoms with Gasteiger partial charge in [0, 0.05) is 23.1 Å². The number of amides is 1. The second-order valence-electron chi connectivity index (χ2n) is 6.86. The van der Waals surface area contributed by atoms with Crippen molar-refractivity contribution in [3.8, 4) is 5.75 Å². The third-order valence-corrected chi connectivity index (χ3v) is 5.59. The third-order valence-electron chi connectivity index (χ3n) is 4.68. The van der Waals surface area contributed by atoms with Crippen LogP contribution in [0.3, 0.4) is 0 Å². The molecule has 150 valence electrons. The van der Waals surface area contributed by atoms with Crippen molar-refractivity contribution in [2.45, 2.75) is 13.3 Å². The predicted octanol–water partition coefficient (Wildman–Crippen LogP) is 5.11. The van der Waals surface area contributed by atoms with E-state index in [0.29, 0.717) is 16.4 Å². The number of nitrogens with one attached hydrogen (secondary N) is 1. The first-order valence-corrected chi connectivity index (χ1v) is 10.3. The molecule has 0 radical (unpaired) electrons. The second-order valence-corrected chi connectivity index (χ2v) is 7.98. The highest BCUT2D eigenvalue weighted by Gasteiger charge is 2.10. The van der Waals surface area contributed by atoms with Gasteiger partial charge in [-0.05, 0) is 47.5 Å². The number of ether oxygens (including phenoxy) is 1.